The van der Waals surface area contributed by atoms with Crippen LogP contribution in [0.25, 0.3) is 17.1 Å². The highest BCUT2D eigenvalue weighted by atomic mass is 32.2. The SMILES string of the molecule is COc1cc(OC)cc(C(=O)N2CCN(C(=O)CCCCSc3nnc(-c4ccc(C)cc4)n3-c3ccccc3)CC2C)c1. The number of aryl methyl sites for hydroxylation is 1. The quantitative estimate of drug-likeness (QED) is 0.154. The van der Waals surface area contributed by atoms with Gasteiger partial charge in [-0.25, -0.2) is 0 Å². The highest BCUT2D eigenvalue weighted by Gasteiger charge is 2.30. The molecule has 1 aliphatic rings. The van der Waals surface area contributed by atoms with Gasteiger partial charge in [-0.1, -0.05) is 59.8 Å². The fourth-order valence-electron chi connectivity index (χ4n) is 5.35. The van der Waals surface area contributed by atoms with Gasteiger partial charge in [-0.05, 0) is 51.0 Å². The Kier molecular flexibility index (Phi) is 10.2. The molecular weight excluding hydrogens is 574 g/mol. The van der Waals surface area contributed by atoms with E-state index in [1.807, 2.05) is 34.9 Å². The summed E-state index contributed by atoms with van der Waals surface area (Å²) in [6.45, 7) is 5.58. The number of hydrogen-bond donors (Lipinski definition) is 0. The first-order valence-corrected chi connectivity index (χ1v) is 15.9. The second-order valence-electron chi connectivity index (χ2n) is 10.9. The van der Waals surface area contributed by atoms with Gasteiger partial charge in [-0.15, -0.1) is 10.2 Å². The Hall–Kier alpha value is -4.31. The van der Waals surface area contributed by atoms with Crippen LogP contribution in [0.5, 0.6) is 11.5 Å². The Morgan fingerprint density at radius 3 is 2.27 bits per heavy atom. The number of ether oxygens (including phenoxy) is 2. The number of benzene rings is 3. The van der Waals surface area contributed by atoms with E-state index in [1.165, 1.54) is 5.56 Å². The third-order valence-corrected chi connectivity index (χ3v) is 8.83. The lowest BCUT2D eigenvalue weighted by atomic mass is 10.1. The lowest BCUT2D eigenvalue weighted by molar-refractivity contribution is -0.133. The molecule has 1 unspecified atom stereocenters. The van der Waals surface area contributed by atoms with Gasteiger partial charge in [0.25, 0.3) is 5.91 Å². The molecule has 1 saturated heterocycles. The fraction of sp³-hybridized carbons (Fsp3) is 0.353. The van der Waals surface area contributed by atoms with Crippen molar-refractivity contribution in [3.05, 3.63) is 83.9 Å². The number of aromatic nitrogens is 3. The number of carbonyl (C=O) groups excluding carboxylic acids is 2. The fourth-order valence-corrected chi connectivity index (χ4v) is 6.30. The first kappa shape index (κ1) is 31.1. The lowest BCUT2D eigenvalue weighted by Gasteiger charge is -2.40. The molecule has 0 spiro atoms. The van der Waals surface area contributed by atoms with Crippen molar-refractivity contribution in [1.82, 2.24) is 24.6 Å². The van der Waals surface area contributed by atoms with Crippen molar-refractivity contribution in [2.45, 2.75) is 44.3 Å². The molecule has 0 radical (unpaired) electrons. The van der Waals surface area contributed by atoms with Gasteiger partial charge < -0.3 is 19.3 Å². The van der Waals surface area contributed by atoms with Crippen molar-refractivity contribution in [1.29, 1.82) is 0 Å². The van der Waals surface area contributed by atoms with E-state index < -0.39 is 0 Å². The minimum Gasteiger partial charge on any atom is -0.497 e. The van der Waals surface area contributed by atoms with E-state index in [2.05, 4.69) is 58.1 Å². The molecule has 4 aromatic rings. The third-order valence-electron chi connectivity index (χ3n) is 7.81. The van der Waals surface area contributed by atoms with Crippen molar-refractivity contribution in [2.24, 2.45) is 0 Å². The molecule has 0 saturated carbocycles. The van der Waals surface area contributed by atoms with Gasteiger partial charge in [-0.2, -0.15) is 0 Å². The number of unbranched alkanes of at least 4 members (excludes halogenated alkanes) is 1. The Labute approximate surface area is 263 Å². The van der Waals surface area contributed by atoms with Crippen LogP contribution in [0.3, 0.4) is 0 Å². The van der Waals surface area contributed by atoms with Crippen LogP contribution >= 0.6 is 11.8 Å². The van der Waals surface area contributed by atoms with Gasteiger partial charge in [0.1, 0.15) is 11.5 Å². The van der Waals surface area contributed by atoms with E-state index in [0.29, 0.717) is 43.1 Å². The van der Waals surface area contributed by atoms with Crippen molar-refractivity contribution < 1.29 is 19.1 Å². The molecule has 10 heteroatoms. The zero-order valence-electron chi connectivity index (χ0n) is 25.7. The maximum Gasteiger partial charge on any atom is 0.254 e. The molecule has 1 aliphatic heterocycles. The molecule has 3 aromatic carbocycles. The number of rotatable bonds is 11. The summed E-state index contributed by atoms with van der Waals surface area (Å²) in [6, 6.07) is 23.6. The van der Waals surface area contributed by atoms with Crippen molar-refractivity contribution in [3.63, 3.8) is 0 Å². The van der Waals surface area contributed by atoms with Gasteiger partial charge in [-0.3, -0.25) is 14.2 Å². The third kappa shape index (κ3) is 7.24. The largest absolute Gasteiger partial charge is 0.497 e. The van der Waals surface area contributed by atoms with Crippen LogP contribution in [0.2, 0.25) is 0 Å². The molecule has 0 bridgehead atoms. The number of amides is 2. The number of piperazine rings is 1. The van der Waals surface area contributed by atoms with Crippen LogP contribution in [0.4, 0.5) is 0 Å². The molecule has 2 heterocycles. The molecule has 230 valence electrons. The Morgan fingerprint density at radius 1 is 0.909 bits per heavy atom. The van der Waals surface area contributed by atoms with Crippen molar-refractivity contribution in [2.75, 3.05) is 39.6 Å². The predicted octanol–water partition coefficient (Wildman–Crippen LogP) is 5.90. The normalized spacial score (nSPS) is 14.9. The first-order valence-electron chi connectivity index (χ1n) is 14.9. The van der Waals surface area contributed by atoms with Crippen molar-refractivity contribution in [3.8, 4) is 28.6 Å². The zero-order chi connectivity index (χ0) is 31.1. The highest BCUT2D eigenvalue weighted by molar-refractivity contribution is 7.99. The number of nitrogens with zero attached hydrogens (tertiary/aromatic N) is 5. The summed E-state index contributed by atoms with van der Waals surface area (Å²) in [6.07, 6.45) is 2.14. The summed E-state index contributed by atoms with van der Waals surface area (Å²) in [5.41, 5.74) is 3.74. The average Bonchev–Trinajstić information content (AvgIpc) is 3.48. The van der Waals surface area contributed by atoms with Crippen LogP contribution < -0.4 is 9.47 Å². The average molecular weight is 614 g/mol. The number of thioether (sulfide) groups is 1. The Bertz CT molecular complexity index is 1550. The smallest absolute Gasteiger partial charge is 0.254 e. The minimum absolute atomic E-state index is 0.0901. The summed E-state index contributed by atoms with van der Waals surface area (Å²) in [4.78, 5) is 30.1. The minimum atomic E-state index is -0.0972. The van der Waals surface area contributed by atoms with E-state index in [0.717, 1.165) is 40.8 Å². The number of methoxy groups -OCH3 is 2. The maximum absolute atomic E-state index is 13.3. The predicted molar refractivity (Wildman–Crippen MR) is 173 cm³/mol. The van der Waals surface area contributed by atoms with Gasteiger partial charge >= 0.3 is 0 Å². The molecule has 0 aliphatic carbocycles. The first-order chi connectivity index (χ1) is 21.4. The molecule has 1 fully saturated rings. The van der Waals surface area contributed by atoms with E-state index in [1.54, 1.807) is 44.2 Å². The molecule has 44 heavy (non-hydrogen) atoms. The highest BCUT2D eigenvalue weighted by Crippen LogP contribution is 2.29. The van der Waals surface area contributed by atoms with Crippen LogP contribution in [0.1, 0.15) is 42.1 Å². The summed E-state index contributed by atoms with van der Waals surface area (Å²) < 4.78 is 12.8. The van der Waals surface area contributed by atoms with E-state index in [9.17, 15) is 9.59 Å². The second kappa shape index (κ2) is 14.4. The number of carbonyl (C=O) groups is 2. The molecular formula is C34H39N5O4S. The summed E-state index contributed by atoms with van der Waals surface area (Å²) in [5, 5.41) is 9.89. The van der Waals surface area contributed by atoms with Crippen molar-refractivity contribution >= 4 is 23.6 Å². The van der Waals surface area contributed by atoms with E-state index in [-0.39, 0.29) is 17.9 Å². The Morgan fingerprint density at radius 2 is 1.61 bits per heavy atom. The molecule has 1 atom stereocenters. The standard InChI is InChI=1S/C34H39N5O4S/c1-24-13-15-26(16-14-24)32-35-36-34(39(32)28-10-6-5-7-11-28)44-19-9-8-12-31(40)37-17-18-38(25(2)23-37)33(41)27-20-29(42-3)22-30(21-27)43-4/h5-7,10-11,13-16,20-22,25H,8-9,12,17-19,23H2,1-4H3. The molecule has 2 amide bonds. The molecule has 0 N–H and O–H groups in total. The number of para-hydroxylation sites is 1. The van der Waals surface area contributed by atoms with Gasteiger partial charge in [0.2, 0.25) is 5.91 Å². The Balaban J connectivity index is 1.13. The zero-order valence-corrected chi connectivity index (χ0v) is 26.5. The monoisotopic (exact) mass is 613 g/mol. The molecule has 5 rings (SSSR count). The maximum atomic E-state index is 13.3. The molecule has 9 nitrogen and oxygen atoms in total. The summed E-state index contributed by atoms with van der Waals surface area (Å²) in [5.74, 6) is 2.82. The second-order valence-corrected chi connectivity index (χ2v) is 12.0. The topological polar surface area (TPSA) is 89.8 Å². The van der Waals surface area contributed by atoms with Gasteiger partial charge in [0, 0.05) is 60.7 Å². The number of hydrogen-bond acceptors (Lipinski definition) is 7. The lowest BCUT2D eigenvalue weighted by Crippen LogP contribution is -2.55. The summed E-state index contributed by atoms with van der Waals surface area (Å²) in [7, 11) is 3.13. The van der Waals surface area contributed by atoms with Crippen LogP contribution in [0.15, 0.2) is 78.0 Å². The van der Waals surface area contributed by atoms with E-state index in [4.69, 9.17) is 9.47 Å². The van der Waals surface area contributed by atoms with Crippen LogP contribution in [0, 0.1) is 6.92 Å². The molecule has 1 aromatic heterocycles. The van der Waals surface area contributed by atoms with E-state index >= 15 is 0 Å². The van der Waals surface area contributed by atoms with Gasteiger partial charge in [0.15, 0.2) is 11.0 Å². The summed E-state index contributed by atoms with van der Waals surface area (Å²) >= 11 is 1.66. The van der Waals surface area contributed by atoms with Gasteiger partial charge in [0.05, 0.1) is 14.2 Å². The van der Waals surface area contributed by atoms with Crippen LogP contribution in [-0.2, 0) is 4.79 Å². The van der Waals surface area contributed by atoms with Crippen LogP contribution in [-0.4, -0.2) is 82.0 Å².